The SMILES string of the molecule is Cc1nc(Cl)nc(N2CCC(O)CC2)c1[N+](=O)[O-]. The number of aromatic nitrogens is 2. The molecule has 1 aliphatic rings. The number of anilines is 1. The van der Waals surface area contributed by atoms with Crippen LogP contribution in [0.3, 0.4) is 0 Å². The lowest BCUT2D eigenvalue weighted by Crippen LogP contribution is -2.36. The van der Waals surface area contributed by atoms with Gasteiger partial charge in [0, 0.05) is 13.1 Å². The first-order chi connectivity index (χ1) is 8.49. The molecule has 0 spiro atoms. The Balaban J connectivity index is 2.39. The van der Waals surface area contributed by atoms with Crippen molar-refractivity contribution in [1.82, 2.24) is 9.97 Å². The van der Waals surface area contributed by atoms with Crippen molar-refractivity contribution < 1.29 is 10.0 Å². The van der Waals surface area contributed by atoms with E-state index in [1.807, 2.05) is 0 Å². The third kappa shape index (κ3) is 2.51. The fourth-order valence-corrected chi connectivity index (χ4v) is 2.24. The molecule has 1 aliphatic heterocycles. The fraction of sp³-hybridized carbons (Fsp3) is 0.600. The lowest BCUT2D eigenvalue weighted by Gasteiger charge is -2.30. The molecule has 2 heterocycles. The molecule has 1 N–H and O–H groups in total. The smallest absolute Gasteiger partial charge is 0.332 e. The molecule has 7 nitrogen and oxygen atoms in total. The molecule has 2 rings (SSSR count). The predicted molar refractivity (Wildman–Crippen MR) is 65.9 cm³/mol. The van der Waals surface area contributed by atoms with Gasteiger partial charge in [0.1, 0.15) is 5.69 Å². The Morgan fingerprint density at radius 3 is 2.61 bits per heavy atom. The highest BCUT2D eigenvalue weighted by atomic mass is 35.5. The highest BCUT2D eigenvalue weighted by Crippen LogP contribution is 2.31. The van der Waals surface area contributed by atoms with Crippen LogP contribution in [-0.4, -0.2) is 39.2 Å². The largest absolute Gasteiger partial charge is 0.393 e. The van der Waals surface area contributed by atoms with Crippen molar-refractivity contribution in [3.63, 3.8) is 0 Å². The van der Waals surface area contributed by atoms with Crippen molar-refractivity contribution in [2.24, 2.45) is 0 Å². The van der Waals surface area contributed by atoms with Gasteiger partial charge in [-0.3, -0.25) is 10.1 Å². The summed E-state index contributed by atoms with van der Waals surface area (Å²) in [6.07, 6.45) is 0.786. The van der Waals surface area contributed by atoms with Crippen LogP contribution in [0.1, 0.15) is 18.5 Å². The van der Waals surface area contributed by atoms with Crippen molar-refractivity contribution in [2.45, 2.75) is 25.9 Å². The summed E-state index contributed by atoms with van der Waals surface area (Å²) in [6, 6.07) is 0. The van der Waals surface area contributed by atoms with Crippen molar-refractivity contribution in [3.05, 3.63) is 21.1 Å². The minimum atomic E-state index is -0.494. The number of aliphatic hydroxyl groups excluding tert-OH is 1. The first-order valence-electron chi connectivity index (χ1n) is 5.60. The maximum Gasteiger partial charge on any atom is 0.332 e. The lowest BCUT2D eigenvalue weighted by atomic mass is 10.1. The van der Waals surface area contributed by atoms with E-state index in [1.54, 1.807) is 4.90 Å². The van der Waals surface area contributed by atoms with Crippen LogP contribution in [0.25, 0.3) is 0 Å². The van der Waals surface area contributed by atoms with Gasteiger partial charge < -0.3 is 10.0 Å². The molecule has 1 fully saturated rings. The van der Waals surface area contributed by atoms with E-state index in [1.165, 1.54) is 6.92 Å². The Hall–Kier alpha value is -1.47. The first-order valence-corrected chi connectivity index (χ1v) is 5.98. The molecule has 0 saturated carbocycles. The summed E-state index contributed by atoms with van der Waals surface area (Å²) in [4.78, 5) is 20.1. The summed E-state index contributed by atoms with van der Waals surface area (Å²) in [5.41, 5.74) is 0.136. The number of nitrogens with zero attached hydrogens (tertiary/aromatic N) is 4. The molecular weight excluding hydrogens is 260 g/mol. The number of rotatable bonds is 2. The number of hydrogen-bond donors (Lipinski definition) is 1. The van der Waals surface area contributed by atoms with Crippen molar-refractivity contribution in [1.29, 1.82) is 0 Å². The van der Waals surface area contributed by atoms with Gasteiger partial charge in [0.2, 0.25) is 11.1 Å². The Bertz CT molecular complexity index is 474. The summed E-state index contributed by atoms with van der Waals surface area (Å²) < 4.78 is 0. The normalized spacial score (nSPS) is 16.9. The quantitative estimate of drug-likeness (QED) is 0.496. The molecule has 0 unspecified atom stereocenters. The predicted octanol–water partition coefficient (Wildman–Crippen LogP) is 1.31. The van der Waals surface area contributed by atoms with E-state index in [-0.39, 0.29) is 28.6 Å². The third-order valence-corrected chi connectivity index (χ3v) is 3.13. The van der Waals surface area contributed by atoms with Gasteiger partial charge in [0.05, 0.1) is 11.0 Å². The zero-order chi connectivity index (χ0) is 13.3. The van der Waals surface area contributed by atoms with Crippen LogP contribution < -0.4 is 4.90 Å². The summed E-state index contributed by atoms with van der Waals surface area (Å²) in [5, 5.41) is 20.5. The second-order valence-corrected chi connectivity index (χ2v) is 4.56. The molecule has 18 heavy (non-hydrogen) atoms. The topological polar surface area (TPSA) is 92.4 Å². The molecule has 98 valence electrons. The highest BCUT2D eigenvalue weighted by Gasteiger charge is 2.28. The van der Waals surface area contributed by atoms with E-state index >= 15 is 0 Å². The summed E-state index contributed by atoms with van der Waals surface area (Å²) in [6.45, 7) is 2.58. The number of aliphatic hydroxyl groups is 1. The third-order valence-electron chi connectivity index (χ3n) is 2.96. The molecular formula is C10H13ClN4O3. The highest BCUT2D eigenvalue weighted by molar-refractivity contribution is 6.28. The van der Waals surface area contributed by atoms with Crippen LogP contribution in [0.4, 0.5) is 11.5 Å². The molecule has 0 amide bonds. The van der Waals surface area contributed by atoms with Crippen molar-refractivity contribution in [3.8, 4) is 0 Å². The van der Waals surface area contributed by atoms with Gasteiger partial charge in [-0.1, -0.05) is 0 Å². The minimum absolute atomic E-state index is 0.000720. The number of hydrogen-bond acceptors (Lipinski definition) is 6. The maximum absolute atomic E-state index is 11.1. The zero-order valence-corrected chi connectivity index (χ0v) is 10.6. The lowest BCUT2D eigenvalue weighted by molar-refractivity contribution is -0.385. The molecule has 0 atom stereocenters. The second kappa shape index (κ2) is 5.03. The molecule has 0 aromatic carbocycles. The van der Waals surface area contributed by atoms with E-state index in [0.717, 1.165) is 0 Å². The monoisotopic (exact) mass is 272 g/mol. The molecule has 1 aromatic rings. The Morgan fingerprint density at radius 1 is 1.44 bits per heavy atom. The average molecular weight is 273 g/mol. The molecule has 0 aliphatic carbocycles. The van der Waals surface area contributed by atoms with Gasteiger partial charge in [-0.15, -0.1) is 0 Å². The van der Waals surface area contributed by atoms with Gasteiger partial charge in [-0.05, 0) is 31.4 Å². The summed E-state index contributed by atoms with van der Waals surface area (Å²) in [5.74, 6) is 0.240. The standard InChI is InChI=1S/C10H13ClN4O3/c1-6-8(15(17)18)9(13-10(11)12-6)14-4-2-7(16)3-5-14/h7,16H,2-5H2,1H3. The number of nitro groups is 1. The second-order valence-electron chi connectivity index (χ2n) is 4.23. The molecule has 1 saturated heterocycles. The zero-order valence-electron chi connectivity index (χ0n) is 9.84. The molecule has 0 bridgehead atoms. The van der Waals surface area contributed by atoms with Crippen LogP contribution in [-0.2, 0) is 0 Å². The Labute approximate surface area is 109 Å². The average Bonchev–Trinajstić information content (AvgIpc) is 2.28. The fourth-order valence-electron chi connectivity index (χ4n) is 2.03. The van der Waals surface area contributed by atoms with E-state index < -0.39 is 4.92 Å². The van der Waals surface area contributed by atoms with Crippen LogP contribution in [0.2, 0.25) is 5.28 Å². The molecule has 0 radical (unpaired) electrons. The number of aryl methyl sites for hydroxylation is 1. The minimum Gasteiger partial charge on any atom is -0.393 e. The van der Waals surface area contributed by atoms with Crippen LogP contribution >= 0.6 is 11.6 Å². The maximum atomic E-state index is 11.1. The Morgan fingerprint density at radius 2 is 2.06 bits per heavy atom. The van der Waals surface area contributed by atoms with Gasteiger partial charge in [0.25, 0.3) is 0 Å². The van der Waals surface area contributed by atoms with Crippen LogP contribution in [0, 0.1) is 17.0 Å². The van der Waals surface area contributed by atoms with Crippen LogP contribution in [0.15, 0.2) is 0 Å². The van der Waals surface area contributed by atoms with Gasteiger partial charge in [-0.25, -0.2) is 4.98 Å². The van der Waals surface area contributed by atoms with Crippen molar-refractivity contribution >= 4 is 23.1 Å². The Kier molecular flexibility index (Phi) is 3.63. The first kappa shape index (κ1) is 13.0. The van der Waals surface area contributed by atoms with Gasteiger partial charge in [-0.2, -0.15) is 4.98 Å². The molecule has 1 aromatic heterocycles. The number of piperidine rings is 1. The number of halogens is 1. The van der Waals surface area contributed by atoms with Crippen molar-refractivity contribution in [2.75, 3.05) is 18.0 Å². The van der Waals surface area contributed by atoms with E-state index in [2.05, 4.69) is 9.97 Å². The van der Waals surface area contributed by atoms with Gasteiger partial charge in [0.15, 0.2) is 0 Å². The van der Waals surface area contributed by atoms with Gasteiger partial charge >= 0.3 is 5.69 Å². The van der Waals surface area contributed by atoms with E-state index in [4.69, 9.17) is 11.6 Å². The van der Waals surface area contributed by atoms with E-state index in [9.17, 15) is 15.2 Å². The summed E-state index contributed by atoms with van der Waals surface area (Å²) in [7, 11) is 0. The van der Waals surface area contributed by atoms with Crippen LogP contribution in [0.5, 0.6) is 0 Å². The van der Waals surface area contributed by atoms with E-state index in [0.29, 0.717) is 25.9 Å². The summed E-state index contributed by atoms with van der Waals surface area (Å²) >= 11 is 5.75. The molecule has 8 heteroatoms.